The van der Waals surface area contributed by atoms with Gasteiger partial charge in [-0.3, -0.25) is 9.69 Å². The predicted octanol–water partition coefficient (Wildman–Crippen LogP) is 4.27. The van der Waals surface area contributed by atoms with Crippen LogP contribution in [-0.4, -0.2) is 100 Å². The molecule has 2 saturated heterocycles. The van der Waals surface area contributed by atoms with Crippen molar-refractivity contribution in [1.82, 2.24) is 34.6 Å². The summed E-state index contributed by atoms with van der Waals surface area (Å²) >= 11 is 0. The quantitative estimate of drug-likeness (QED) is 0.298. The number of carbonyl (C=O) groups excluding carboxylic acids is 1. The van der Waals surface area contributed by atoms with E-state index in [1.165, 1.54) is 57.5 Å². The topological polar surface area (TPSA) is 93.4 Å². The molecule has 5 rings (SSSR count). The molecule has 2 N–H and O–H groups in total. The Morgan fingerprint density at radius 2 is 1.60 bits per heavy atom. The number of methoxy groups -OCH3 is 1. The van der Waals surface area contributed by atoms with E-state index in [4.69, 9.17) is 4.74 Å². The number of imidazole rings is 2. The Morgan fingerprint density at radius 3 is 2.14 bits per heavy atom. The second-order valence-corrected chi connectivity index (χ2v) is 12.9. The first-order chi connectivity index (χ1) is 20.4. The van der Waals surface area contributed by atoms with Crippen molar-refractivity contribution in [3.05, 3.63) is 71.8 Å². The molecule has 1 amide bonds. The molecule has 0 atom stereocenters. The molecular weight excluding hydrogens is 526 g/mol. The minimum absolute atomic E-state index is 0.0378. The molecule has 9 nitrogen and oxygen atoms in total. The summed E-state index contributed by atoms with van der Waals surface area (Å²) in [5, 5.41) is 0. The van der Waals surface area contributed by atoms with Gasteiger partial charge < -0.3 is 24.5 Å². The number of hydrogen-bond donors (Lipinski definition) is 2. The van der Waals surface area contributed by atoms with E-state index in [-0.39, 0.29) is 11.8 Å². The Bertz CT molecular complexity index is 1170. The van der Waals surface area contributed by atoms with Gasteiger partial charge in [-0.05, 0) is 73.8 Å². The number of likely N-dealkylation sites (tertiary alicyclic amines) is 2. The highest BCUT2D eigenvalue weighted by Crippen LogP contribution is 2.41. The molecule has 9 heteroatoms. The van der Waals surface area contributed by atoms with Crippen LogP contribution < -0.4 is 0 Å². The van der Waals surface area contributed by atoms with Crippen molar-refractivity contribution in [3.63, 3.8) is 0 Å². The van der Waals surface area contributed by atoms with Gasteiger partial charge in [0.15, 0.2) is 0 Å². The summed E-state index contributed by atoms with van der Waals surface area (Å²) in [7, 11) is 1.68. The maximum absolute atomic E-state index is 13.8. The van der Waals surface area contributed by atoms with Gasteiger partial charge in [0.2, 0.25) is 0 Å². The van der Waals surface area contributed by atoms with Gasteiger partial charge in [-0.15, -0.1) is 0 Å². The van der Waals surface area contributed by atoms with Crippen LogP contribution in [0.4, 0.5) is 0 Å². The van der Waals surface area contributed by atoms with Crippen molar-refractivity contribution in [2.24, 2.45) is 17.3 Å². The largest absolute Gasteiger partial charge is 0.383 e. The summed E-state index contributed by atoms with van der Waals surface area (Å²) in [6, 6.07) is 8.28. The number of aromatic amines is 2. The Balaban J connectivity index is 1.18. The lowest BCUT2D eigenvalue weighted by molar-refractivity contribution is 0.0660. The van der Waals surface area contributed by atoms with Crippen molar-refractivity contribution >= 4 is 5.91 Å². The molecule has 2 aromatic heterocycles. The van der Waals surface area contributed by atoms with Crippen LogP contribution in [0.3, 0.4) is 0 Å². The van der Waals surface area contributed by atoms with E-state index in [1.54, 1.807) is 19.5 Å². The highest BCUT2D eigenvalue weighted by Gasteiger charge is 2.40. The second-order valence-electron chi connectivity index (χ2n) is 12.9. The van der Waals surface area contributed by atoms with E-state index in [1.807, 2.05) is 29.4 Å². The predicted molar refractivity (Wildman–Crippen MR) is 165 cm³/mol. The molecule has 1 aromatic carbocycles. The van der Waals surface area contributed by atoms with Gasteiger partial charge in [0.1, 0.15) is 11.6 Å². The van der Waals surface area contributed by atoms with Crippen molar-refractivity contribution in [3.8, 4) is 0 Å². The van der Waals surface area contributed by atoms with Crippen molar-refractivity contribution < 1.29 is 9.53 Å². The van der Waals surface area contributed by atoms with Crippen LogP contribution in [0.1, 0.15) is 60.7 Å². The average Bonchev–Trinajstić information content (AvgIpc) is 3.76. The van der Waals surface area contributed by atoms with Crippen molar-refractivity contribution in [1.29, 1.82) is 0 Å². The molecule has 0 unspecified atom stereocenters. The van der Waals surface area contributed by atoms with Crippen LogP contribution in [-0.2, 0) is 24.1 Å². The van der Waals surface area contributed by atoms with Crippen LogP contribution in [0.2, 0.25) is 0 Å². The minimum Gasteiger partial charge on any atom is -0.383 e. The fraction of sp³-hybridized carbons (Fsp3) is 0.606. The molecule has 4 heterocycles. The highest BCUT2D eigenvalue weighted by molar-refractivity contribution is 5.94. The number of rotatable bonds is 14. The molecule has 2 fully saturated rings. The van der Waals surface area contributed by atoms with Gasteiger partial charge in [0.05, 0.1) is 6.61 Å². The fourth-order valence-corrected chi connectivity index (χ4v) is 6.85. The lowest BCUT2D eigenvalue weighted by Crippen LogP contribution is -2.42. The third-order valence-corrected chi connectivity index (χ3v) is 9.07. The van der Waals surface area contributed by atoms with Crippen molar-refractivity contribution in [2.45, 2.75) is 52.5 Å². The normalized spacial score (nSPS) is 17.5. The van der Waals surface area contributed by atoms with Gasteiger partial charge in [-0.2, -0.15) is 0 Å². The molecule has 1 spiro atoms. The molecule has 0 bridgehead atoms. The van der Waals surface area contributed by atoms with Crippen molar-refractivity contribution in [2.75, 3.05) is 59.5 Å². The summed E-state index contributed by atoms with van der Waals surface area (Å²) in [6.45, 7) is 13.3. The number of carbonyl (C=O) groups is 1. The molecule has 228 valence electrons. The third-order valence-electron chi connectivity index (χ3n) is 9.07. The van der Waals surface area contributed by atoms with E-state index < -0.39 is 0 Å². The smallest absolute Gasteiger partial charge is 0.253 e. The maximum atomic E-state index is 13.8. The molecule has 3 aromatic rings. The standard InChI is InChI=1S/C33H49N7O2/c1-26(2)22-38-15-8-33(9-16-38)10-17-39(25-33)23-27-4-6-29(7-5-27)32(41)40(18-19-42-3)24-28(20-30-34-11-12-35-30)21-31-36-13-14-37-31/h4-7,11-14,26,28H,8-10,15-25H2,1-3H3,(H,34,35)(H,36,37). The van der Waals surface area contributed by atoms with Gasteiger partial charge in [0.25, 0.3) is 5.91 Å². The molecule has 0 radical (unpaired) electrons. The summed E-state index contributed by atoms with van der Waals surface area (Å²) in [4.78, 5) is 36.2. The van der Waals surface area contributed by atoms with Crippen LogP contribution >= 0.6 is 0 Å². The first-order valence-electron chi connectivity index (χ1n) is 15.7. The first kappa shape index (κ1) is 30.4. The van der Waals surface area contributed by atoms with Gasteiger partial charge in [-0.1, -0.05) is 26.0 Å². The monoisotopic (exact) mass is 575 g/mol. The Kier molecular flexibility index (Phi) is 10.5. The van der Waals surface area contributed by atoms with E-state index in [9.17, 15) is 4.79 Å². The summed E-state index contributed by atoms with van der Waals surface area (Å²) in [5.41, 5.74) is 2.49. The SMILES string of the molecule is COCCN(CC(Cc1ncc[nH]1)Cc1ncc[nH]1)C(=O)c1ccc(CN2CCC3(CCN(CC(C)C)CC3)C2)cc1. The number of amides is 1. The zero-order chi connectivity index (χ0) is 29.4. The van der Waals surface area contributed by atoms with E-state index in [0.717, 1.165) is 42.5 Å². The summed E-state index contributed by atoms with van der Waals surface area (Å²) in [6.07, 6.45) is 12.6. The number of nitrogens with zero attached hydrogens (tertiary/aromatic N) is 5. The minimum atomic E-state index is 0.0378. The second kappa shape index (κ2) is 14.4. The maximum Gasteiger partial charge on any atom is 0.253 e. The lowest BCUT2D eigenvalue weighted by atomic mass is 9.77. The Morgan fingerprint density at radius 1 is 0.976 bits per heavy atom. The number of ether oxygens (including phenoxy) is 1. The molecule has 42 heavy (non-hydrogen) atoms. The first-order valence-corrected chi connectivity index (χ1v) is 15.7. The average molecular weight is 576 g/mol. The number of hydrogen-bond acceptors (Lipinski definition) is 6. The summed E-state index contributed by atoms with van der Waals surface area (Å²) < 4.78 is 5.38. The fourth-order valence-electron chi connectivity index (χ4n) is 6.85. The number of piperidine rings is 1. The third kappa shape index (κ3) is 8.30. The lowest BCUT2D eigenvalue weighted by Gasteiger charge is -2.40. The number of aromatic nitrogens is 4. The molecule has 2 aliphatic heterocycles. The molecule has 0 saturated carbocycles. The van der Waals surface area contributed by atoms with Crippen LogP contribution in [0.5, 0.6) is 0 Å². The molecule has 0 aliphatic carbocycles. The number of H-pyrrole nitrogens is 2. The Labute approximate surface area is 251 Å². The van der Waals surface area contributed by atoms with Gasteiger partial charge in [-0.25, -0.2) is 9.97 Å². The van der Waals surface area contributed by atoms with E-state index in [0.29, 0.717) is 25.1 Å². The highest BCUT2D eigenvalue weighted by atomic mass is 16.5. The van der Waals surface area contributed by atoms with Gasteiger partial charge >= 0.3 is 0 Å². The molecule has 2 aliphatic rings. The number of benzene rings is 1. The zero-order valence-electron chi connectivity index (χ0n) is 25.7. The van der Waals surface area contributed by atoms with E-state index >= 15 is 0 Å². The zero-order valence-corrected chi connectivity index (χ0v) is 25.7. The Hall–Kier alpha value is -3.01. The molecular formula is C33H49N7O2. The van der Waals surface area contributed by atoms with Crippen LogP contribution in [0, 0.1) is 17.3 Å². The summed E-state index contributed by atoms with van der Waals surface area (Å²) in [5.74, 6) is 2.77. The van der Waals surface area contributed by atoms with Gasteiger partial charge in [0, 0.05) is 83.0 Å². The number of nitrogens with one attached hydrogen (secondary N) is 2. The van der Waals surface area contributed by atoms with Crippen LogP contribution in [0.15, 0.2) is 49.1 Å². The van der Waals surface area contributed by atoms with Crippen LogP contribution in [0.25, 0.3) is 0 Å². The van der Waals surface area contributed by atoms with E-state index in [2.05, 4.69) is 55.7 Å².